The molecule has 0 saturated carbocycles. The number of carboxylic acid groups (broad SMARTS) is 1. The molecule has 0 bridgehead atoms. The van der Waals surface area contributed by atoms with Crippen LogP contribution in [0.3, 0.4) is 0 Å². The SMILES string of the molecule is C=C(C)C(=O)CCC[N+](C)(CCCCS(=O)(=O)[O-])CCCC(=O)C(C)C.C=C(C)C(=O)NCCC[N+](C)(C)CCCCS(=O)(=O)[O-].C=C(C)C(=O)OCC[N+](C)(C)CC(=O)[O-].C=C(C)C(=O)OCC[N+](C)(CCCCS(=O)(=O)[O-])CCOC(=O)C(C)C. The monoisotopic (exact) mass is 1300 g/mol. The molecule has 87 heavy (non-hydrogen) atoms. The molecular weight excluding hydrogens is 1190 g/mol. The largest absolute Gasteiger partial charge is 0.748 e. The number of carbonyl (C=O) groups is 7. The van der Waals surface area contributed by atoms with Crippen molar-refractivity contribution >= 4 is 71.7 Å². The Labute approximate surface area is 522 Å². The number of esters is 3. The fourth-order valence-corrected chi connectivity index (χ4v) is 9.39. The van der Waals surface area contributed by atoms with Gasteiger partial charge in [0, 0.05) is 78.5 Å². The molecule has 508 valence electrons. The number of allylic oxidation sites excluding steroid dienone is 1. The van der Waals surface area contributed by atoms with Crippen molar-refractivity contribution in [2.45, 2.75) is 126 Å². The van der Waals surface area contributed by atoms with Gasteiger partial charge in [0.05, 0.1) is 124 Å². The number of ketones is 2. The van der Waals surface area contributed by atoms with Gasteiger partial charge in [-0.3, -0.25) is 19.2 Å². The van der Waals surface area contributed by atoms with Crippen molar-refractivity contribution in [1.82, 2.24) is 5.32 Å². The van der Waals surface area contributed by atoms with Crippen molar-refractivity contribution in [3.05, 3.63) is 48.6 Å². The fraction of sp³-hybridized carbons (Fsp3) is 0.746. The lowest BCUT2D eigenvalue weighted by Crippen LogP contribution is -2.50. The van der Waals surface area contributed by atoms with Crippen LogP contribution in [0.5, 0.6) is 0 Å². The van der Waals surface area contributed by atoms with E-state index in [9.17, 15) is 77.6 Å². The summed E-state index contributed by atoms with van der Waals surface area (Å²) in [6, 6.07) is 0. The summed E-state index contributed by atoms with van der Waals surface area (Å²) in [5, 5.41) is 13.1. The number of carbonyl (C=O) groups excluding carboxylic acids is 7. The molecule has 0 rings (SSSR count). The van der Waals surface area contributed by atoms with Gasteiger partial charge in [-0.15, -0.1) is 0 Å². The molecule has 0 aliphatic rings. The molecule has 2 unspecified atom stereocenters. The van der Waals surface area contributed by atoms with Crippen LogP contribution < -0.4 is 10.4 Å². The number of amides is 1. The van der Waals surface area contributed by atoms with E-state index in [0.717, 1.165) is 56.5 Å². The second-order valence-corrected chi connectivity index (χ2v) is 29.2. The molecule has 0 aromatic carbocycles. The first-order chi connectivity index (χ1) is 39.5. The van der Waals surface area contributed by atoms with Gasteiger partial charge in [-0.05, 0) is 71.8 Å². The second kappa shape index (κ2) is 44.6. The summed E-state index contributed by atoms with van der Waals surface area (Å²) in [6.07, 6.45) is 6.16. The number of aliphatic carboxylic acids is 1. The minimum absolute atomic E-state index is 0.0317. The lowest BCUT2D eigenvalue weighted by atomic mass is 10.0. The number of likely N-dealkylation sites (N-methyl/N-ethyl adjacent to an activating group) is 2. The van der Waals surface area contributed by atoms with Crippen LogP contribution in [-0.4, -0.2) is 250 Å². The molecule has 0 saturated heterocycles. The molecular formula is C59H109N5O20S3. The van der Waals surface area contributed by atoms with E-state index in [2.05, 4.69) is 38.7 Å². The van der Waals surface area contributed by atoms with E-state index < -0.39 is 54.0 Å². The fourth-order valence-electron chi connectivity index (χ4n) is 7.72. The topological polar surface area (TPSA) is 354 Å². The Hall–Kier alpha value is -4.78. The molecule has 0 fully saturated rings. The van der Waals surface area contributed by atoms with E-state index in [4.69, 9.17) is 14.2 Å². The van der Waals surface area contributed by atoms with Gasteiger partial charge in [0.1, 0.15) is 51.8 Å². The molecule has 28 heteroatoms. The summed E-state index contributed by atoms with van der Waals surface area (Å²) < 4.78 is 113. The summed E-state index contributed by atoms with van der Waals surface area (Å²) in [5.41, 5.74) is 1.70. The van der Waals surface area contributed by atoms with Crippen molar-refractivity contribution in [3.8, 4) is 0 Å². The highest BCUT2D eigenvalue weighted by atomic mass is 32.2. The van der Waals surface area contributed by atoms with Crippen LogP contribution in [0.4, 0.5) is 0 Å². The van der Waals surface area contributed by atoms with Gasteiger partial charge in [-0.25, -0.2) is 34.8 Å². The Balaban J connectivity index is -0.000000539. The first-order valence-electron chi connectivity index (χ1n) is 29.3. The standard InChI is InChI=1S/C19H35NO5S.C17H31NO7S.C13H26N2O4S.C10H17NO4/c1-16(2)18(21)10-8-13-20(5,12-6-7-15-26(23,24)25)14-9-11-19(22)17(3)4;1-14(2)16(19)24-11-9-18(5,8-6-7-13-26(21,22)23)10-12-25-17(20)15(3)4;1-12(2)13(16)14-8-7-10-15(3,4)9-5-6-11-20(17,18)19;1-8(2)10(14)15-6-5-11(3,4)7-9(12)13/h17H,1,6-15H2,2-5H3;15H,1,6-13H2,2-5H3;1,5-11H2,2-4H3,(H-,14,16,17,18,19);1,5-7H2,2-4H3. The van der Waals surface area contributed by atoms with E-state index in [1.54, 1.807) is 55.6 Å². The number of nitrogens with zero attached hydrogens (tertiary/aromatic N) is 4. The number of carboxylic acids is 1. The molecule has 25 nitrogen and oxygen atoms in total. The molecule has 0 heterocycles. The van der Waals surface area contributed by atoms with E-state index in [-0.39, 0.29) is 84.1 Å². The summed E-state index contributed by atoms with van der Waals surface area (Å²) in [6.45, 7) is 34.9. The van der Waals surface area contributed by atoms with E-state index in [0.29, 0.717) is 109 Å². The number of hydrogen-bond donors (Lipinski definition) is 1. The third-order valence-electron chi connectivity index (χ3n) is 13.4. The van der Waals surface area contributed by atoms with Crippen LogP contribution >= 0.6 is 0 Å². The van der Waals surface area contributed by atoms with Gasteiger partial charge in [-0.1, -0.05) is 54.0 Å². The maximum absolute atomic E-state index is 11.8. The molecule has 0 aliphatic heterocycles. The quantitative estimate of drug-likeness (QED) is 0.0229. The number of hydrogen-bond acceptors (Lipinski definition) is 20. The Morgan fingerprint density at radius 2 is 0.816 bits per heavy atom. The van der Waals surface area contributed by atoms with Gasteiger partial charge >= 0.3 is 17.9 Å². The molecule has 1 amide bonds. The van der Waals surface area contributed by atoms with Crippen molar-refractivity contribution < 1.29 is 110 Å². The molecule has 1 N–H and O–H groups in total. The minimum Gasteiger partial charge on any atom is -0.748 e. The smallest absolute Gasteiger partial charge is 0.333 e. The molecule has 0 spiro atoms. The van der Waals surface area contributed by atoms with E-state index in [1.165, 1.54) is 0 Å². The zero-order valence-corrected chi connectivity index (χ0v) is 57.4. The normalized spacial score (nSPS) is 13.1. The van der Waals surface area contributed by atoms with E-state index in [1.807, 2.05) is 35.0 Å². The lowest BCUT2D eigenvalue weighted by Gasteiger charge is -2.35. The van der Waals surface area contributed by atoms with E-state index >= 15 is 0 Å². The van der Waals surface area contributed by atoms with Crippen LogP contribution in [0.15, 0.2) is 48.6 Å². The number of rotatable bonds is 44. The predicted octanol–water partition coefficient (Wildman–Crippen LogP) is 3.17. The van der Waals surface area contributed by atoms with Crippen LogP contribution in [0.2, 0.25) is 0 Å². The van der Waals surface area contributed by atoms with Gasteiger partial charge in [-0.2, -0.15) is 0 Å². The third-order valence-corrected chi connectivity index (χ3v) is 15.8. The zero-order valence-electron chi connectivity index (χ0n) is 55.0. The van der Waals surface area contributed by atoms with Gasteiger partial charge in [0.15, 0.2) is 5.78 Å². The highest BCUT2D eigenvalue weighted by molar-refractivity contribution is 7.86. The van der Waals surface area contributed by atoms with Crippen LogP contribution in [-0.2, 0) is 78.1 Å². The Morgan fingerprint density at radius 1 is 0.448 bits per heavy atom. The molecule has 2 atom stereocenters. The van der Waals surface area contributed by atoms with Crippen molar-refractivity contribution in [2.24, 2.45) is 11.8 Å². The molecule has 0 aromatic heterocycles. The summed E-state index contributed by atoms with van der Waals surface area (Å²) in [5.74, 6) is -3.38. The Kier molecular flexibility index (Phi) is 45.5. The summed E-state index contributed by atoms with van der Waals surface area (Å²) in [7, 11) is -0.968. The first kappa shape index (κ1) is 88.6. The minimum atomic E-state index is -4.22. The average molecular weight is 1300 g/mol. The van der Waals surface area contributed by atoms with Crippen molar-refractivity contribution in [2.75, 3.05) is 151 Å². The zero-order chi connectivity index (χ0) is 68.6. The molecule has 0 radical (unpaired) electrons. The van der Waals surface area contributed by atoms with Crippen molar-refractivity contribution in [3.63, 3.8) is 0 Å². The average Bonchev–Trinajstić information content (AvgIpc) is 3.47. The number of quaternary nitrogens is 4. The number of ether oxygens (including phenoxy) is 3. The lowest BCUT2D eigenvalue weighted by molar-refractivity contribution is -0.910. The van der Waals surface area contributed by atoms with Gasteiger partial charge in [0.25, 0.3) is 0 Å². The number of unbranched alkanes of at least 4 members (excludes halogenated alkanes) is 3. The predicted molar refractivity (Wildman–Crippen MR) is 330 cm³/mol. The van der Waals surface area contributed by atoms with Gasteiger partial charge in [0.2, 0.25) is 5.91 Å². The van der Waals surface area contributed by atoms with Gasteiger partial charge < -0.3 is 61.0 Å². The third kappa shape index (κ3) is 57.4. The maximum Gasteiger partial charge on any atom is 0.333 e. The summed E-state index contributed by atoms with van der Waals surface area (Å²) in [4.78, 5) is 79.2. The molecule has 0 aromatic rings. The van der Waals surface area contributed by atoms with Crippen LogP contribution in [0.25, 0.3) is 0 Å². The van der Waals surface area contributed by atoms with Crippen molar-refractivity contribution in [1.29, 1.82) is 0 Å². The molecule has 0 aliphatic carbocycles. The highest BCUT2D eigenvalue weighted by Crippen LogP contribution is 2.15. The Bertz CT molecular complexity index is 2450. The highest BCUT2D eigenvalue weighted by Gasteiger charge is 2.25. The number of Topliss-reactive ketones (excluding diaryl/α,β-unsaturated/α-hetero) is 2. The maximum atomic E-state index is 11.8. The first-order valence-corrected chi connectivity index (χ1v) is 34.0. The van der Waals surface area contributed by atoms with Crippen LogP contribution in [0, 0.1) is 11.8 Å². The van der Waals surface area contributed by atoms with Crippen LogP contribution in [0.1, 0.15) is 126 Å². The number of nitrogens with one attached hydrogen (secondary N) is 1. The second-order valence-electron chi connectivity index (χ2n) is 24.6. The Morgan fingerprint density at radius 3 is 1.18 bits per heavy atom. The summed E-state index contributed by atoms with van der Waals surface area (Å²) >= 11 is 0.